The molecule has 0 spiro atoms. The maximum Gasteiger partial charge on any atom is 0.262 e. The molecule has 6 heterocycles. The number of hydrogen-bond acceptors (Lipinski definition) is 28. The van der Waals surface area contributed by atoms with Gasteiger partial charge in [0.2, 0.25) is 0 Å². The molecule has 15 rings (SSSR count). The lowest BCUT2D eigenvalue weighted by molar-refractivity contribution is -0.121. The number of epoxide rings is 1. The molecule has 5 atom stereocenters. The molecular weight excluding hydrogens is 1700 g/mol. The number of fused-ring (bicyclic) bond motifs is 5. The summed E-state index contributed by atoms with van der Waals surface area (Å²) in [6.07, 6.45) is 0.289. The molecule has 1 unspecified atom stereocenters. The average Bonchev–Trinajstić information content (AvgIpc) is 1.50. The van der Waals surface area contributed by atoms with Crippen LogP contribution < -0.4 is 104 Å². The smallest absolute Gasteiger partial charge is 0.262 e. The molecule has 6 aliphatic heterocycles. The van der Waals surface area contributed by atoms with Gasteiger partial charge in [0.25, 0.3) is 23.6 Å². The number of Topliss-reactive ketones (excluding diaryl/α,β-unsaturated/α-hetero) is 1. The van der Waals surface area contributed by atoms with Gasteiger partial charge in [0.15, 0.2) is 32.2 Å². The number of amides is 4. The number of ketones is 1. The second kappa shape index (κ2) is 45.0. The van der Waals surface area contributed by atoms with E-state index in [9.17, 15) is 44.4 Å². The first-order valence-electron chi connectivity index (χ1n) is 43.2. The highest BCUT2D eigenvalue weighted by Gasteiger charge is 2.38. The number of ether oxygens (including phenoxy) is 15. The molecule has 9 aromatic carbocycles. The molecule has 6 aliphatic rings. The summed E-state index contributed by atoms with van der Waals surface area (Å²) >= 11 is 0. The highest BCUT2D eigenvalue weighted by Crippen LogP contribution is 2.47. The van der Waals surface area contributed by atoms with E-state index >= 15 is 0 Å². The molecule has 9 aromatic rings. The van der Waals surface area contributed by atoms with Gasteiger partial charge in [0, 0.05) is 106 Å². The van der Waals surface area contributed by atoms with Crippen molar-refractivity contribution in [1.82, 2.24) is 15.5 Å². The van der Waals surface area contributed by atoms with Crippen LogP contribution in [0.2, 0.25) is 0 Å². The molecule has 0 aliphatic carbocycles. The van der Waals surface area contributed by atoms with E-state index in [2.05, 4.69) is 59.6 Å². The number of aliphatic hydroxyl groups is 4. The van der Waals surface area contributed by atoms with E-state index in [0.717, 1.165) is 64.5 Å². The van der Waals surface area contributed by atoms with E-state index < -0.39 is 29.9 Å². The highest BCUT2D eigenvalue weighted by molar-refractivity contribution is 5.98. The van der Waals surface area contributed by atoms with E-state index in [1.54, 1.807) is 98.3 Å². The number of rotatable bonds is 33. The topological polar surface area (TPSA) is 409 Å². The van der Waals surface area contributed by atoms with Gasteiger partial charge in [-0.15, -0.1) is 0 Å². The Balaban J connectivity index is 0.000000169. The SMILES string of the molecule is COc1cc2c(c([C@@H]3CO3)c1)OCC(=O)N2.COc1ccc(CC(C)(C)N(C[C@H](O)c2cc(OC)cc3c2OCC(=O)C3)C[C@H](O)c2cc(OC)cc3c2OCC(=O)N3)cc1.COc1ccc(CC(C)(C)N)cc1.COc1ccc(CC(C)(C)NC(CO)c2cc(OC)cc3c2OCC(=O)N3)cc1.COc1ccc(CC(C)(C)NC[C@H](O)c2cc(OC)cc3c2OCC(=O)N3)cc1. The quantitative estimate of drug-likeness (QED) is 0.0170. The summed E-state index contributed by atoms with van der Waals surface area (Å²) in [5.41, 5.74) is 15.2. The Hall–Kier alpha value is -12.6. The van der Waals surface area contributed by atoms with Crippen LogP contribution in [0.25, 0.3) is 0 Å². The second-order valence-electron chi connectivity index (χ2n) is 35.1. The van der Waals surface area contributed by atoms with Gasteiger partial charge < -0.3 is 129 Å². The van der Waals surface area contributed by atoms with Gasteiger partial charge in [0.1, 0.15) is 93.2 Å². The Morgan fingerprint density at radius 2 is 0.727 bits per heavy atom. The lowest BCUT2D eigenvalue weighted by atomic mass is 9.90. The lowest BCUT2D eigenvalue weighted by Crippen LogP contribution is -2.49. The summed E-state index contributed by atoms with van der Waals surface area (Å²) in [4.78, 5) is 60.7. The maximum atomic E-state index is 12.1. The van der Waals surface area contributed by atoms with Crippen LogP contribution in [0.4, 0.5) is 22.7 Å². The number of nitrogens with two attached hydrogens (primary N) is 1. The van der Waals surface area contributed by atoms with Gasteiger partial charge >= 0.3 is 0 Å². The number of methoxy groups -OCH3 is 9. The van der Waals surface area contributed by atoms with E-state index in [0.29, 0.717) is 122 Å². The van der Waals surface area contributed by atoms with E-state index in [1.807, 2.05) is 142 Å². The number of carbonyl (C=O) groups is 5. The van der Waals surface area contributed by atoms with Crippen molar-refractivity contribution in [1.29, 1.82) is 0 Å². The highest BCUT2D eigenvalue weighted by atomic mass is 16.6. The molecule has 1 fully saturated rings. The fraction of sp³-hybridized carbons (Fsp3) is 0.410. The number of anilines is 4. The van der Waals surface area contributed by atoms with Crippen molar-refractivity contribution in [3.05, 3.63) is 213 Å². The van der Waals surface area contributed by atoms with Gasteiger partial charge in [-0.25, -0.2) is 0 Å². The third kappa shape index (κ3) is 27.5. The zero-order chi connectivity index (χ0) is 95.4. The number of nitrogens with zero attached hydrogens (tertiary/aromatic N) is 1. The van der Waals surface area contributed by atoms with Crippen molar-refractivity contribution < 1.29 is 115 Å². The molecule has 12 N–H and O–H groups in total. The number of hydrogen-bond donors (Lipinski definition) is 11. The molecule has 132 heavy (non-hydrogen) atoms. The minimum Gasteiger partial charge on any atom is -0.497 e. The van der Waals surface area contributed by atoms with Crippen molar-refractivity contribution in [3.8, 4) is 80.5 Å². The van der Waals surface area contributed by atoms with Crippen LogP contribution in [-0.2, 0) is 60.8 Å². The fourth-order valence-corrected chi connectivity index (χ4v) is 15.9. The summed E-state index contributed by atoms with van der Waals surface area (Å²) in [5, 5.41) is 62.5. The standard InChI is InChI=1S/C34H40N2O9.2C22H28N2O5.C11H11NO4.C11H17NO/c1-34(2,15-20-6-8-23(41-3)9-7-20)36(16-29(38)26-12-24(42-4)11-21-10-22(37)18-44-32(21)26)17-30(39)27-13-25(43-5)14-28-33(27)45-19-31(40)35-28;1-22(2,11-14-5-7-15(27-3)8-6-14)24-19(12-25)17-9-16(28-4)10-18-21(17)29-13-20(26)23-18;1-22(2,11-14-5-7-15(27-3)8-6-14)23-12-19(25)17-9-16(28-4)10-18-21(17)29-13-20(26)24-18;1-14-6-2-7(9-4-15-9)11-8(3-6)12-10(13)5-16-11;1-11(2,12)8-9-4-6-10(13-3)7-5-9/h6-9,11-14,29-30,38-39H,10,15-19H2,1-5H3,(H,35,40);5-10,19,24-25H,11-13H2,1-4H3,(H,23,26);5-10,19,23,25H,11-13H2,1-4H3,(H,24,26);2-3,9H,4-5H2,1H3,(H,12,13);4-7H,8,12H2,1-3H3/t29-,30-;;19-;9-;/m0.00./s1. The first-order chi connectivity index (χ1) is 62.9. The Bertz CT molecular complexity index is 5360. The van der Waals surface area contributed by atoms with Crippen molar-refractivity contribution in [2.75, 3.05) is 151 Å². The van der Waals surface area contributed by atoms with Crippen molar-refractivity contribution in [3.63, 3.8) is 0 Å². The van der Waals surface area contributed by atoms with Gasteiger partial charge in [-0.05, 0) is 188 Å². The van der Waals surface area contributed by atoms with Crippen LogP contribution in [0, 0.1) is 0 Å². The van der Waals surface area contributed by atoms with Crippen LogP contribution >= 0.6 is 0 Å². The number of carbonyl (C=O) groups excluding carboxylic acids is 5. The van der Waals surface area contributed by atoms with Crippen molar-refractivity contribution in [2.45, 2.75) is 140 Å². The monoisotopic (exact) mass is 1820 g/mol. The zero-order valence-corrected chi connectivity index (χ0v) is 78.0. The maximum absolute atomic E-state index is 12.1. The summed E-state index contributed by atoms with van der Waals surface area (Å²) in [7, 11) is 14.3. The Morgan fingerprint density at radius 3 is 1.11 bits per heavy atom. The molecule has 0 saturated carbocycles. The molecular formula is C100H124N8O24. The van der Waals surface area contributed by atoms with Gasteiger partial charge in [-0.1, -0.05) is 48.5 Å². The first-order valence-corrected chi connectivity index (χ1v) is 43.2. The van der Waals surface area contributed by atoms with Gasteiger partial charge in [-0.2, -0.15) is 0 Å². The molecule has 708 valence electrons. The van der Waals surface area contributed by atoms with Crippen LogP contribution in [0.3, 0.4) is 0 Å². The normalized spacial score (nSPS) is 15.4. The predicted octanol–water partition coefficient (Wildman–Crippen LogP) is 12.1. The Labute approximate surface area is 770 Å². The molecule has 1 saturated heterocycles. The van der Waals surface area contributed by atoms with E-state index in [1.165, 1.54) is 25.3 Å². The minimum absolute atomic E-state index is 0.0541. The molecule has 0 aromatic heterocycles. The largest absolute Gasteiger partial charge is 0.497 e. The van der Waals surface area contributed by atoms with Crippen LogP contribution in [-0.4, -0.2) is 207 Å². The lowest BCUT2D eigenvalue weighted by Gasteiger charge is -2.41. The molecule has 4 amide bonds. The van der Waals surface area contributed by atoms with Gasteiger partial charge in [-0.3, -0.25) is 28.9 Å². The molecule has 32 heteroatoms. The number of aliphatic hydroxyl groups excluding tert-OH is 4. The van der Waals surface area contributed by atoms with E-state index in [-0.39, 0.29) is 111 Å². The number of benzene rings is 9. The number of nitrogens with one attached hydrogen (secondary N) is 6. The third-order valence-electron chi connectivity index (χ3n) is 22.5. The van der Waals surface area contributed by atoms with Crippen molar-refractivity contribution >= 4 is 52.2 Å². The number of β-amino-alcohol motifs (C(OH)–C–C–N with tert-alkyl or cyclic N) is 3. The zero-order valence-electron chi connectivity index (χ0n) is 78.0. The van der Waals surface area contributed by atoms with E-state index in [4.69, 9.17) is 76.8 Å². The third-order valence-corrected chi connectivity index (χ3v) is 22.5. The van der Waals surface area contributed by atoms with Crippen LogP contribution in [0.1, 0.15) is 141 Å². The summed E-state index contributed by atoms with van der Waals surface area (Å²) in [6, 6.07) is 48.7. The molecule has 0 bridgehead atoms. The average molecular weight is 1820 g/mol. The summed E-state index contributed by atoms with van der Waals surface area (Å²) < 4.78 is 81.1. The first kappa shape index (κ1) is 99.9. The second-order valence-corrected chi connectivity index (χ2v) is 35.1. The fourth-order valence-electron chi connectivity index (χ4n) is 15.9. The molecule has 32 nitrogen and oxygen atoms in total. The Kier molecular flexibility index (Phi) is 34.1. The summed E-state index contributed by atoms with van der Waals surface area (Å²) in [6.45, 7) is 17.2. The van der Waals surface area contributed by atoms with Gasteiger partial charge in [0.05, 0.1) is 124 Å². The summed E-state index contributed by atoms with van der Waals surface area (Å²) in [5.74, 6) is 7.67. The Morgan fingerprint density at radius 1 is 0.402 bits per heavy atom. The molecule has 0 radical (unpaired) electrons. The predicted molar refractivity (Wildman–Crippen MR) is 499 cm³/mol. The van der Waals surface area contributed by atoms with Crippen molar-refractivity contribution in [2.24, 2.45) is 5.73 Å². The van der Waals surface area contributed by atoms with Crippen LogP contribution in [0.5, 0.6) is 80.5 Å². The van der Waals surface area contributed by atoms with Crippen LogP contribution in [0.15, 0.2) is 158 Å². The minimum atomic E-state index is -1.08.